The highest BCUT2D eigenvalue weighted by Crippen LogP contribution is 2.17. The van der Waals surface area contributed by atoms with Crippen LogP contribution in [-0.4, -0.2) is 32.3 Å². The van der Waals surface area contributed by atoms with Crippen molar-refractivity contribution < 1.29 is 17.9 Å². The van der Waals surface area contributed by atoms with E-state index in [4.69, 9.17) is 0 Å². The van der Waals surface area contributed by atoms with Gasteiger partial charge in [0.25, 0.3) is 0 Å². The Labute approximate surface area is 147 Å². The number of guanidine groups is 1. The Morgan fingerprint density at radius 2 is 1.64 bits per heavy atom. The molecule has 0 aromatic heterocycles. The molecule has 0 aliphatic heterocycles. The van der Waals surface area contributed by atoms with Crippen LogP contribution in [0.4, 0.5) is 13.2 Å². The van der Waals surface area contributed by atoms with Crippen LogP contribution in [0.25, 0.3) is 0 Å². The monoisotopic (exact) mass is 359 g/mol. The molecule has 1 aromatic rings. The summed E-state index contributed by atoms with van der Waals surface area (Å²) in [5, 5.41) is 6.48. The fourth-order valence-corrected chi connectivity index (χ4v) is 2.00. The van der Waals surface area contributed by atoms with Crippen LogP contribution in [0.2, 0.25) is 0 Å². The summed E-state index contributed by atoms with van der Waals surface area (Å²) in [6, 6.07) is 7.26. The average Bonchev–Trinajstić information content (AvgIpc) is 2.49. The second-order valence-electron chi connectivity index (χ2n) is 7.09. The Bertz CT molecular complexity index is 534. The van der Waals surface area contributed by atoms with E-state index in [9.17, 15) is 13.2 Å². The zero-order valence-electron chi connectivity index (χ0n) is 15.3. The number of alkyl halides is 3. The average molecular weight is 359 g/mol. The number of aliphatic imine (C=N–C) groups is 1. The highest BCUT2D eigenvalue weighted by molar-refractivity contribution is 5.79. The summed E-state index contributed by atoms with van der Waals surface area (Å²) in [4.78, 5) is 4.17. The van der Waals surface area contributed by atoms with Gasteiger partial charge in [-0.2, -0.15) is 13.2 Å². The largest absolute Gasteiger partial charge is 0.411 e. The number of benzene rings is 1. The van der Waals surface area contributed by atoms with Crippen LogP contribution in [0.3, 0.4) is 0 Å². The van der Waals surface area contributed by atoms with Crippen molar-refractivity contribution in [1.29, 1.82) is 0 Å². The highest BCUT2D eigenvalue weighted by atomic mass is 19.4. The summed E-state index contributed by atoms with van der Waals surface area (Å²) in [5.41, 5.74) is 1.98. The fourth-order valence-electron chi connectivity index (χ4n) is 2.00. The molecule has 4 nitrogen and oxygen atoms in total. The van der Waals surface area contributed by atoms with Crippen molar-refractivity contribution in [3.63, 3.8) is 0 Å². The van der Waals surface area contributed by atoms with Crippen LogP contribution < -0.4 is 10.6 Å². The van der Waals surface area contributed by atoms with Crippen LogP contribution in [0.5, 0.6) is 0 Å². The van der Waals surface area contributed by atoms with Crippen LogP contribution in [0.15, 0.2) is 29.3 Å². The predicted octanol–water partition coefficient (Wildman–Crippen LogP) is 3.87. The maximum absolute atomic E-state index is 12.0. The molecule has 0 fully saturated rings. The van der Waals surface area contributed by atoms with Gasteiger partial charge in [-0.15, -0.1) is 0 Å². The van der Waals surface area contributed by atoms with Crippen molar-refractivity contribution in [2.75, 3.05) is 20.2 Å². The quantitative estimate of drug-likeness (QED) is 0.574. The fraction of sp³-hybridized carbons (Fsp3) is 0.611. The van der Waals surface area contributed by atoms with Crippen molar-refractivity contribution in [3.8, 4) is 0 Å². The van der Waals surface area contributed by atoms with Gasteiger partial charge in [-0.1, -0.05) is 45.0 Å². The number of ether oxygens (including phenoxy) is 1. The van der Waals surface area contributed by atoms with Gasteiger partial charge in [0.15, 0.2) is 5.96 Å². The molecular formula is C18H28F3N3O. The number of rotatable bonds is 7. The van der Waals surface area contributed by atoms with Crippen molar-refractivity contribution in [3.05, 3.63) is 35.4 Å². The maximum atomic E-state index is 12.0. The van der Waals surface area contributed by atoms with Gasteiger partial charge in [-0.05, 0) is 23.0 Å². The van der Waals surface area contributed by atoms with Crippen LogP contribution in [0, 0.1) is 5.41 Å². The van der Waals surface area contributed by atoms with Gasteiger partial charge in [-0.3, -0.25) is 4.99 Å². The highest BCUT2D eigenvalue weighted by Gasteiger charge is 2.27. The Morgan fingerprint density at radius 3 is 2.16 bits per heavy atom. The Hall–Kier alpha value is -1.76. The molecule has 7 heteroatoms. The minimum Gasteiger partial charge on any atom is -0.367 e. The van der Waals surface area contributed by atoms with Crippen molar-refractivity contribution in [2.45, 2.75) is 46.5 Å². The van der Waals surface area contributed by atoms with Gasteiger partial charge in [0.2, 0.25) is 0 Å². The van der Waals surface area contributed by atoms with Crippen molar-refractivity contribution >= 4 is 5.96 Å². The van der Waals surface area contributed by atoms with E-state index in [2.05, 4.69) is 41.1 Å². The minimum absolute atomic E-state index is 0.0523. The first-order valence-corrected chi connectivity index (χ1v) is 8.26. The van der Waals surface area contributed by atoms with Crippen LogP contribution in [0.1, 0.15) is 38.3 Å². The Balaban J connectivity index is 2.36. The Morgan fingerprint density at radius 1 is 1.04 bits per heavy atom. The molecule has 0 bridgehead atoms. The van der Waals surface area contributed by atoms with E-state index in [0.717, 1.165) is 24.5 Å². The topological polar surface area (TPSA) is 45.7 Å². The number of hydrogen-bond acceptors (Lipinski definition) is 2. The number of halogens is 3. The predicted molar refractivity (Wildman–Crippen MR) is 94.4 cm³/mol. The summed E-state index contributed by atoms with van der Waals surface area (Å²) < 4.78 is 40.7. The molecule has 142 valence electrons. The smallest absolute Gasteiger partial charge is 0.367 e. The molecule has 0 radical (unpaired) electrons. The molecule has 0 heterocycles. The van der Waals surface area contributed by atoms with E-state index >= 15 is 0 Å². The maximum Gasteiger partial charge on any atom is 0.411 e. The summed E-state index contributed by atoms with van der Waals surface area (Å²) in [5.74, 6) is 0.724. The van der Waals surface area contributed by atoms with Crippen LogP contribution >= 0.6 is 0 Å². The van der Waals surface area contributed by atoms with E-state index in [-0.39, 0.29) is 12.0 Å². The van der Waals surface area contributed by atoms with E-state index < -0.39 is 12.8 Å². The molecule has 0 aliphatic carbocycles. The molecule has 1 rings (SSSR count). The third kappa shape index (κ3) is 10.7. The zero-order valence-corrected chi connectivity index (χ0v) is 15.3. The lowest BCUT2D eigenvalue weighted by Gasteiger charge is -2.19. The van der Waals surface area contributed by atoms with Crippen LogP contribution in [-0.2, 0) is 17.9 Å². The van der Waals surface area contributed by atoms with Crippen molar-refractivity contribution in [1.82, 2.24) is 10.6 Å². The molecule has 0 saturated heterocycles. The third-order valence-corrected chi connectivity index (χ3v) is 3.41. The summed E-state index contributed by atoms with van der Waals surface area (Å²) in [6.45, 7) is 6.69. The lowest BCUT2D eigenvalue weighted by Crippen LogP contribution is -2.38. The Kier molecular flexibility index (Phi) is 8.22. The van der Waals surface area contributed by atoms with Gasteiger partial charge in [0.05, 0.1) is 6.61 Å². The van der Waals surface area contributed by atoms with E-state index in [1.165, 1.54) is 0 Å². The number of hydrogen-bond donors (Lipinski definition) is 2. The number of nitrogens with one attached hydrogen (secondary N) is 2. The lowest BCUT2D eigenvalue weighted by atomic mass is 9.92. The molecule has 25 heavy (non-hydrogen) atoms. The first-order valence-electron chi connectivity index (χ1n) is 8.26. The normalized spacial score (nSPS) is 13.0. The van der Waals surface area contributed by atoms with Gasteiger partial charge in [0.1, 0.15) is 6.61 Å². The second-order valence-corrected chi connectivity index (χ2v) is 7.09. The molecule has 0 atom stereocenters. The molecule has 0 aliphatic rings. The first kappa shape index (κ1) is 21.3. The minimum atomic E-state index is -4.29. The lowest BCUT2D eigenvalue weighted by molar-refractivity contribution is -0.176. The first-order chi connectivity index (χ1) is 11.6. The standard InChI is InChI=1S/C18H28F3N3O/c1-17(2,3)9-10-23-16(22-4)24-11-14-5-7-15(8-6-14)12-25-13-18(19,20)21/h5-8H,9-13H2,1-4H3,(H2,22,23,24). The SMILES string of the molecule is CN=C(NCCC(C)(C)C)NCc1ccc(COCC(F)(F)F)cc1. The summed E-state index contributed by atoms with van der Waals surface area (Å²) in [7, 11) is 1.72. The summed E-state index contributed by atoms with van der Waals surface area (Å²) >= 11 is 0. The van der Waals surface area contributed by atoms with Gasteiger partial charge in [-0.25, -0.2) is 0 Å². The molecule has 0 unspecified atom stereocenters. The third-order valence-electron chi connectivity index (χ3n) is 3.41. The molecule has 0 amide bonds. The van der Waals surface area contributed by atoms with Gasteiger partial charge >= 0.3 is 6.18 Å². The second kappa shape index (κ2) is 9.65. The zero-order chi connectivity index (χ0) is 18.9. The molecule has 0 saturated carbocycles. The van der Waals surface area contributed by atoms with Crippen molar-refractivity contribution in [2.24, 2.45) is 10.4 Å². The van der Waals surface area contributed by atoms with E-state index in [0.29, 0.717) is 12.1 Å². The van der Waals surface area contributed by atoms with E-state index in [1.54, 1.807) is 19.2 Å². The van der Waals surface area contributed by atoms with Gasteiger partial charge in [0, 0.05) is 20.1 Å². The molecular weight excluding hydrogens is 331 g/mol. The van der Waals surface area contributed by atoms with E-state index in [1.807, 2.05) is 12.1 Å². The number of nitrogens with zero attached hydrogens (tertiary/aromatic N) is 1. The molecule has 0 spiro atoms. The molecule has 2 N–H and O–H groups in total. The summed E-state index contributed by atoms with van der Waals surface area (Å²) in [6.07, 6.45) is -3.26. The molecule has 1 aromatic carbocycles. The van der Waals surface area contributed by atoms with Gasteiger partial charge < -0.3 is 15.4 Å².